The van der Waals surface area contributed by atoms with Gasteiger partial charge in [0.25, 0.3) is 15.9 Å². The number of hydrogen-bond acceptors (Lipinski definition) is 5. The first-order chi connectivity index (χ1) is 14.5. The topological polar surface area (TPSA) is 97.6 Å². The lowest BCUT2D eigenvalue weighted by molar-refractivity contribution is 0.0917. The second kappa shape index (κ2) is 10.1. The van der Waals surface area contributed by atoms with Gasteiger partial charge in [0.1, 0.15) is 12.4 Å². The lowest BCUT2D eigenvalue weighted by Gasteiger charge is -2.11. The molecule has 1 aromatic heterocycles. The van der Waals surface area contributed by atoms with E-state index in [0.29, 0.717) is 37.4 Å². The van der Waals surface area contributed by atoms with Crippen LogP contribution in [0.4, 0.5) is 5.69 Å². The number of para-hydroxylation sites is 1. The van der Waals surface area contributed by atoms with Crippen molar-refractivity contribution < 1.29 is 22.4 Å². The van der Waals surface area contributed by atoms with Gasteiger partial charge in [0, 0.05) is 18.7 Å². The molecule has 0 bridgehead atoms. The normalized spacial score (nSPS) is 11.2. The Hall–Kier alpha value is -3.10. The standard InChI is InChI=1S/C22H24N2O5S/c1-17-6-2-3-8-21(17)24-30(26,27)20-11-9-18(10-12-20)22(25)23-13-5-14-28-16-19-7-4-15-29-19/h2-4,6-12,15,24H,5,13-14,16H2,1H3,(H,23,25). The predicted molar refractivity (Wildman–Crippen MR) is 114 cm³/mol. The van der Waals surface area contributed by atoms with Crippen LogP contribution >= 0.6 is 0 Å². The minimum absolute atomic E-state index is 0.0913. The number of ether oxygens (including phenoxy) is 1. The van der Waals surface area contributed by atoms with Crippen molar-refractivity contribution in [2.45, 2.75) is 24.8 Å². The number of benzene rings is 2. The van der Waals surface area contributed by atoms with Gasteiger partial charge in [0.15, 0.2) is 0 Å². The first-order valence-corrected chi connectivity index (χ1v) is 11.0. The number of anilines is 1. The number of carbonyl (C=O) groups excluding carboxylic acids is 1. The molecule has 0 spiro atoms. The van der Waals surface area contributed by atoms with E-state index in [9.17, 15) is 13.2 Å². The molecule has 30 heavy (non-hydrogen) atoms. The summed E-state index contributed by atoms with van der Waals surface area (Å²) in [6.45, 7) is 3.16. The molecule has 0 radical (unpaired) electrons. The number of aryl methyl sites for hydroxylation is 1. The molecule has 1 amide bonds. The monoisotopic (exact) mass is 428 g/mol. The Morgan fingerprint density at radius 3 is 2.50 bits per heavy atom. The maximum Gasteiger partial charge on any atom is 0.261 e. The predicted octanol–water partition coefficient (Wildman–Crippen LogP) is 3.73. The molecule has 158 valence electrons. The van der Waals surface area contributed by atoms with Gasteiger partial charge in [0.05, 0.1) is 16.8 Å². The molecule has 7 nitrogen and oxygen atoms in total. The van der Waals surface area contributed by atoms with Crippen molar-refractivity contribution in [3.63, 3.8) is 0 Å². The van der Waals surface area contributed by atoms with Crippen LogP contribution in [0.5, 0.6) is 0 Å². The highest BCUT2D eigenvalue weighted by Gasteiger charge is 2.16. The Morgan fingerprint density at radius 1 is 1.03 bits per heavy atom. The smallest absolute Gasteiger partial charge is 0.261 e. The molecule has 3 aromatic rings. The molecule has 0 fully saturated rings. The third kappa shape index (κ3) is 5.95. The van der Waals surface area contributed by atoms with Crippen LogP contribution in [-0.2, 0) is 21.4 Å². The van der Waals surface area contributed by atoms with E-state index >= 15 is 0 Å². The molecule has 8 heteroatoms. The van der Waals surface area contributed by atoms with E-state index in [-0.39, 0.29) is 10.8 Å². The van der Waals surface area contributed by atoms with Crippen LogP contribution in [0.25, 0.3) is 0 Å². The van der Waals surface area contributed by atoms with E-state index < -0.39 is 10.0 Å². The van der Waals surface area contributed by atoms with Crippen LogP contribution in [0.1, 0.15) is 28.1 Å². The van der Waals surface area contributed by atoms with Crippen molar-refractivity contribution in [1.29, 1.82) is 0 Å². The summed E-state index contributed by atoms with van der Waals surface area (Å²) in [6.07, 6.45) is 2.24. The highest BCUT2D eigenvalue weighted by molar-refractivity contribution is 7.92. The molecule has 1 heterocycles. The summed E-state index contributed by atoms with van der Waals surface area (Å²) in [5.74, 6) is 0.489. The Kier molecular flexibility index (Phi) is 7.26. The van der Waals surface area contributed by atoms with Crippen molar-refractivity contribution in [2.75, 3.05) is 17.9 Å². The Labute approximate surface area is 176 Å². The van der Waals surface area contributed by atoms with Crippen molar-refractivity contribution in [3.05, 3.63) is 83.8 Å². The SMILES string of the molecule is Cc1ccccc1NS(=O)(=O)c1ccc(C(=O)NCCCOCc2ccco2)cc1. The second-order valence-corrected chi connectivity index (χ2v) is 8.37. The molecule has 0 saturated carbocycles. The summed E-state index contributed by atoms with van der Waals surface area (Å²) >= 11 is 0. The van der Waals surface area contributed by atoms with Crippen molar-refractivity contribution in [3.8, 4) is 0 Å². The number of amides is 1. The molecular weight excluding hydrogens is 404 g/mol. The zero-order valence-electron chi connectivity index (χ0n) is 16.6. The minimum atomic E-state index is -3.73. The molecule has 0 saturated heterocycles. The fraction of sp³-hybridized carbons (Fsp3) is 0.227. The van der Waals surface area contributed by atoms with E-state index in [1.165, 1.54) is 24.3 Å². The Balaban J connectivity index is 1.47. The van der Waals surface area contributed by atoms with Gasteiger partial charge in [-0.25, -0.2) is 8.42 Å². The average molecular weight is 429 g/mol. The molecule has 0 aliphatic rings. The molecule has 2 aromatic carbocycles. The zero-order valence-corrected chi connectivity index (χ0v) is 17.4. The maximum atomic E-state index is 12.6. The third-order valence-corrected chi connectivity index (χ3v) is 5.77. The molecule has 3 rings (SSSR count). The van der Waals surface area contributed by atoms with E-state index in [1.807, 2.05) is 25.1 Å². The average Bonchev–Trinajstić information content (AvgIpc) is 3.25. The quantitative estimate of drug-likeness (QED) is 0.480. The number of furan rings is 1. The van der Waals surface area contributed by atoms with Gasteiger partial charge in [0.2, 0.25) is 0 Å². The highest BCUT2D eigenvalue weighted by Crippen LogP contribution is 2.19. The van der Waals surface area contributed by atoms with Gasteiger partial charge in [-0.15, -0.1) is 0 Å². The van der Waals surface area contributed by atoms with Crippen molar-refractivity contribution >= 4 is 21.6 Å². The summed E-state index contributed by atoms with van der Waals surface area (Å²) in [5.41, 5.74) is 1.74. The fourth-order valence-corrected chi connectivity index (χ4v) is 3.85. The van der Waals surface area contributed by atoms with Crippen LogP contribution in [0.15, 0.2) is 76.2 Å². The molecule has 0 aliphatic carbocycles. The van der Waals surface area contributed by atoms with Crippen LogP contribution in [0.3, 0.4) is 0 Å². The first-order valence-electron chi connectivity index (χ1n) is 9.52. The highest BCUT2D eigenvalue weighted by atomic mass is 32.2. The fourth-order valence-electron chi connectivity index (χ4n) is 2.72. The number of sulfonamides is 1. The summed E-state index contributed by atoms with van der Waals surface area (Å²) < 4.78 is 38.3. The van der Waals surface area contributed by atoms with E-state index in [2.05, 4.69) is 10.0 Å². The van der Waals surface area contributed by atoms with Gasteiger partial charge >= 0.3 is 0 Å². The lowest BCUT2D eigenvalue weighted by atomic mass is 10.2. The van der Waals surface area contributed by atoms with E-state index in [0.717, 1.165) is 11.3 Å². The molecular formula is C22H24N2O5S. The van der Waals surface area contributed by atoms with Gasteiger partial charge in [-0.1, -0.05) is 18.2 Å². The summed E-state index contributed by atoms with van der Waals surface area (Å²) in [7, 11) is -3.73. The summed E-state index contributed by atoms with van der Waals surface area (Å²) in [5, 5.41) is 2.79. The summed E-state index contributed by atoms with van der Waals surface area (Å²) in [6, 6.07) is 16.6. The number of hydrogen-bond donors (Lipinski definition) is 2. The molecule has 2 N–H and O–H groups in total. The molecule has 0 aliphatic heterocycles. The summed E-state index contributed by atoms with van der Waals surface area (Å²) in [4.78, 5) is 12.3. The number of nitrogens with one attached hydrogen (secondary N) is 2. The first kappa shape index (κ1) is 21.6. The lowest BCUT2D eigenvalue weighted by Crippen LogP contribution is -2.25. The van der Waals surface area contributed by atoms with Crippen LogP contribution in [0, 0.1) is 6.92 Å². The number of rotatable bonds is 10. The Bertz CT molecular complexity index is 1060. The van der Waals surface area contributed by atoms with Crippen LogP contribution in [0.2, 0.25) is 0 Å². The van der Waals surface area contributed by atoms with Crippen molar-refractivity contribution in [2.24, 2.45) is 0 Å². The maximum absolute atomic E-state index is 12.6. The molecule has 0 atom stereocenters. The number of carbonyl (C=O) groups is 1. The van der Waals surface area contributed by atoms with E-state index in [4.69, 9.17) is 9.15 Å². The molecule has 0 unspecified atom stereocenters. The largest absolute Gasteiger partial charge is 0.467 e. The van der Waals surface area contributed by atoms with Gasteiger partial charge in [-0.2, -0.15) is 0 Å². The van der Waals surface area contributed by atoms with Crippen molar-refractivity contribution in [1.82, 2.24) is 5.32 Å². The Morgan fingerprint density at radius 2 is 1.80 bits per heavy atom. The van der Waals surface area contributed by atoms with Gasteiger partial charge in [-0.3, -0.25) is 9.52 Å². The third-order valence-electron chi connectivity index (χ3n) is 4.39. The van der Waals surface area contributed by atoms with E-state index in [1.54, 1.807) is 24.5 Å². The zero-order chi connectivity index (χ0) is 21.4. The second-order valence-electron chi connectivity index (χ2n) is 6.69. The van der Waals surface area contributed by atoms with Gasteiger partial charge in [-0.05, 0) is 61.4 Å². The van der Waals surface area contributed by atoms with Crippen LogP contribution < -0.4 is 10.0 Å². The minimum Gasteiger partial charge on any atom is -0.467 e. The van der Waals surface area contributed by atoms with Crippen LogP contribution in [-0.4, -0.2) is 27.5 Å². The van der Waals surface area contributed by atoms with Gasteiger partial charge < -0.3 is 14.5 Å².